The van der Waals surface area contributed by atoms with Crippen LogP contribution in [0.1, 0.15) is 11.1 Å². The number of nitrogens with zero attached hydrogens (tertiary/aromatic N) is 5. The molecule has 0 aliphatic heterocycles. The first-order chi connectivity index (χ1) is 13.4. The fraction of sp³-hybridized carbons (Fsp3) is 0.0526. The van der Waals surface area contributed by atoms with E-state index in [1.54, 1.807) is 30.3 Å². The molecule has 1 N–H and O–H groups in total. The predicted octanol–water partition coefficient (Wildman–Crippen LogP) is 4.05. The van der Waals surface area contributed by atoms with Crippen LogP contribution >= 0.6 is 0 Å². The van der Waals surface area contributed by atoms with Gasteiger partial charge in [0, 0.05) is 17.7 Å². The van der Waals surface area contributed by atoms with Crippen LogP contribution < -0.4 is 5.56 Å². The minimum Gasteiger partial charge on any atom is -0.493 e. The van der Waals surface area contributed by atoms with Gasteiger partial charge in [-0.2, -0.15) is 10.4 Å². The van der Waals surface area contributed by atoms with Gasteiger partial charge in [0.1, 0.15) is 11.6 Å². The van der Waals surface area contributed by atoms with Gasteiger partial charge >= 0.3 is 0 Å². The number of nitriles is 1. The van der Waals surface area contributed by atoms with E-state index in [0.717, 1.165) is 4.57 Å². The van der Waals surface area contributed by atoms with Crippen LogP contribution in [0.15, 0.2) is 69.6 Å². The molecule has 3 aromatic rings. The number of azo groups is 1. The lowest BCUT2D eigenvalue weighted by molar-refractivity contribution is -0.384. The maximum atomic E-state index is 12.9. The molecule has 0 atom stereocenters. The number of nitro groups is 1. The summed E-state index contributed by atoms with van der Waals surface area (Å²) in [4.78, 5) is 23.1. The van der Waals surface area contributed by atoms with Gasteiger partial charge < -0.3 is 5.11 Å². The highest BCUT2D eigenvalue weighted by Crippen LogP contribution is 2.29. The number of nitro benzene ring substituents is 1. The van der Waals surface area contributed by atoms with Crippen molar-refractivity contribution in [2.45, 2.75) is 6.92 Å². The van der Waals surface area contributed by atoms with E-state index in [0.29, 0.717) is 11.4 Å². The number of non-ortho nitro benzene ring substituents is 1. The van der Waals surface area contributed by atoms with Gasteiger partial charge in [0.25, 0.3) is 11.2 Å². The lowest BCUT2D eigenvalue weighted by Crippen LogP contribution is -2.20. The molecular formula is C19H13N5O4. The van der Waals surface area contributed by atoms with E-state index in [-0.39, 0.29) is 22.5 Å². The fourth-order valence-electron chi connectivity index (χ4n) is 2.58. The van der Waals surface area contributed by atoms with Crippen molar-refractivity contribution in [2.24, 2.45) is 10.2 Å². The molecule has 0 unspecified atom stereocenters. The summed E-state index contributed by atoms with van der Waals surface area (Å²) in [5.41, 5.74) is -0.111. The molecule has 0 aliphatic rings. The van der Waals surface area contributed by atoms with Gasteiger partial charge in [-0.15, -0.1) is 5.11 Å². The van der Waals surface area contributed by atoms with Crippen molar-refractivity contribution in [3.63, 3.8) is 0 Å². The minimum absolute atomic E-state index is 0.0962. The third-order valence-electron chi connectivity index (χ3n) is 4.02. The Bertz CT molecular complexity index is 1180. The Kier molecular flexibility index (Phi) is 4.95. The Morgan fingerprint density at radius 1 is 1.11 bits per heavy atom. The minimum atomic E-state index is -0.647. The zero-order valence-corrected chi connectivity index (χ0v) is 14.6. The smallest absolute Gasteiger partial charge is 0.286 e. The summed E-state index contributed by atoms with van der Waals surface area (Å²) >= 11 is 0. The highest BCUT2D eigenvalue weighted by molar-refractivity contribution is 5.59. The van der Waals surface area contributed by atoms with Gasteiger partial charge in [-0.1, -0.05) is 18.2 Å². The van der Waals surface area contributed by atoms with Crippen molar-refractivity contribution in [1.82, 2.24) is 4.57 Å². The molecule has 28 heavy (non-hydrogen) atoms. The Balaban J connectivity index is 2.14. The first-order valence-electron chi connectivity index (χ1n) is 8.04. The summed E-state index contributed by atoms with van der Waals surface area (Å²) in [7, 11) is 0. The molecule has 0 saturated heterocycles. The van der Waals surface area contributed by atoms with Crippen LogP contribution in [0.2, 0.25) is 0 Å². The summed E-state index contributed by atoms with van der Waals surface area (Å²) in [5, 5.41) is 38.4. The predicted molar refractivity (Wildman–Crippen MR) is 100 cm³/mol. The second kappa shape index (κ2) is 7.51. The van der Waals surface area contributed by atoms with Crippen molar-refractivity contribution in [1.29, 1.82) is 5.26 Å². The second-order valence-corrected chi connectivity index (χ2v) is 5.73. The molecule has 0 radical (unpaired) electrons. The zero-order chi connectivity index (χ0) is 20.3. The Morgan fingerprint density at radius 3 is 2.32 bits per heavy atom. The lowest BCUT2D eigenvalue weighted by atomic mass is 10.1. The molecule has 0 amide bonds. The summed E-state index contributed by atoms with van der Waals surface area (Å²) in [6.45, 7) is 1.49. The molecule has 0 bridgehead atoms. The van der Waals surface area contributed by atoms with E-state index in [1.807, 2.05) is 6.07 Å². The summed E-state index contributed by atoms with van der Waals surface area (Å²) in [5.74, 6) is -0.481. The first kappa shape index (κ1) is 18.5. The topological polar surface area (TPSA) is 134 Å². The second-order valence-electron chi connectivity index (χ2n) is 5.73. The lowest BCUT2D eigenvalue weighted by Gasteiger charge is -2.12. The van der Waals surface area contributed by atoms with Crippen LogP contribution in [-0.4, -0.2) is 14.6 Å². The van der Waals surface area contributed by atoms with Gasteiger partial charge in [0.15, 0.2) is 5.69 Å². The van der Waals surface area contributed by atoms with E-state index in [1.165, 1.54) is 31.2 Å². The molecule has 0 spiro atoms. The number of para-hydroxylation sites is 1. The number of aromatic hydroxyl groups is 1. The molecule has 0 saturated carbocycles. The quantitative estimate of drug-likeness (QED) is 0.417. The van der Waals surface area contributed by atoms with E-state index in [9.17, 15) is 25.3 Å². The van der Waals surface area contributed by atoms with Crippen LogP contribution in [0, 0.1) is 28.4 Å². The highest BCUT2D eigenvalue weighted by atomic mass is 16.6. The number of rotatable bonds is 4. The molecule has 3 rings (SSSR count). The van der Waals surface area contributed by atoms with Gasteiger partial charge in [-0.05, 0) is 31.2 Å². The number of hydrogen-bond acceptors (Lipinski definition) is 7. The zero-order valence-electron chi connectivity index (χ0n) is 14.6. The van der Waals surface area contributed by atoms with E-state index in [2.05, 4.69) is 10.2 Å². The molecule has 2 aromatic carbocycles. The summed E-state index contributed by atoms with van der Waals surface area (Å²) < 4.78 is 0.982. The first-order valence-corrected chi connectivity index (χ1v) is 8.04. The van der Waals surface area contributed by atoms with Gasteiger partial charge in [0.05, 0.1) is 16.3 Å². The molecule has 1 heterocycles. The average molecular weight is 375 g/mol. The third-order valence-corrected chi connectivity index (χ3v) is 4.02. The molecule has 0 aliphatic carbocycles. The van der Waals surface area contributed by atoms with Gasteiger partial charge in [0.2, 0.25) is 5.88 Å². The Hall–Kier alpha value is -4.32. The SMILES string of the molecule is Cc1c(C#N)c(O)n(-c2ccccc2)c(=O)c1N=Nc1ccc([N+](=O)[O-])cc1. The maximum Gasteiger partial charge on any atom is 0.286 e. The fourth-order valence-corrected chi connectivity index (χ4v) is 2.58. The number of pyridine rings is 1. The average Bonchev–Trinajstić information content (AvgIpc) is 2.69. The molecule has 0 fully saturated rings. The van der Waals surface area contributed by atoms with Crippen LogP contribution in [0.25, 0.3) is 5.69 Å². The Morgan fingerprint density at radius 2 is 1.75 bits per heavy atom. The molecule has 9 nitrogen and oxygen atoms in total. The van der Waals surface area contributed by atoms with Crippen LogP contribution in [-0.2, 0) is 0 Å². The van der Waals surface area contributed by atoms with E-state index < -0.39 is 16.4 Å². The highest BCUT2D eigenvalue weighted by Gasteiger charge is 2.20. The summed E-state index contributed by atoms with van der Waals surface area (Å²) in [6.07, 6.45) is 0. The van der Waals surface area contributed by atoms with Crippen molar-refractivity contribution < 1.29 is 10.0 Å². The van der Waals surface area contributed by atoms with Crippen LogP contribution in [0.4, 0.5) is 17.1 Å². The van der Waals surface area contributed by atoms with Crippen molar-refractivity contribution in [2.75, 3.05) is 0 Å². The van der Waals surface area contributed by atoms with Gasteiger partial charge in [-0.3, -0.25) is 14.9 Å². The van der Waals surface area contributed by atoms with Crippen molar-refractivity contribution >= 4 is 17.1 Å². The van der Waals surface area contributed by atoms with Crippen LogP contribution in [0.5, 0.6) is 5.88 Å². The molecular weight excluding hydrogens is 362 g/mol. The van der Waals surface area contributed by atoms with Crippen LogP contribution in [0.3, 0.4) is 0 Å². The number of benzene rings is 2. The van der Waals surface area contributed by atoms with E-state index in [4.69, 9.17) is 0 Å². The number of aromatic nitrogens is 1. The van der Waals surface area contributed by atoms with Gasteiger partial charge in [-0.25, -0.2) is 4.57 Å². The van der Waals surface area contributed by atoms with Crippen molar-refractivity contribution in [3.8, 4) is 17.6 Å². The monoisotopic (exact) mass is 375 g/mol. The standard InChI is InChI=1S/C19H13N5O4/c1-12-16(11-20)18(25)23(14-5-3-2-4-6-14)19(26)17(12)22-21-13-7-9-15(10-8-13)24(27)28/h2-10,25H,1H3. The molecule has 138 valence electrons. The Labute approximate surface area is 158 Å². The summed E-state index contributed by atoms with van der Waals surface area (Å²) in [6, 6.07) is 15.5. The largest absolute Gasteiger partial charge is 0.493 e. The third kappa shape index (κ3) is 3.34. The normalized spacial score (nSPS) is 10.7. The number of hydrogen-bond donors (Lipinski definition) is 1. The molecule has 1 aromatic heterocycles. The van der Waals surface area contributed by atoms with Crippen molar-refractivity contribution in [3.05, 3.63) is 86.2 Å². The maximum absolute atomic E-state index is 12.9. The van der Waals surface area contributed by atoms with E-state index >= 15 is 0 Å². The molecule has 9 heteroatoms.